The number of halogens is 3. The maximum Gasteiger partial charge on any atom is 0.417 e. The fraction of sp³-hybridized carbons (Fsp3) is 0.0769. The number of hydrogen-bond acceptors (Lipinski definition) is 2. The second-order valence-corrected chi connectivity index (χ2v) is 3.75. The van der Waals surface area contributed by atoms with Gasteiger partial charge in [0.2, 0.25) is 0 Å². The van der Waals surface area contributed by atoms with E-state index in [1.165, 1.54) is 24.3 Å². The highest BCUT2D eigenvalue weighted by molar-refractivity contribution is 5.95. The lowest BCUT2D eigenvalue weighted by Gasteiger charge is -2.14. The van der Waals surface area contributed by atoms with Crippen LogP contribution in [0.5, 0.6) is 0 Å². The van der Waals surface area contributed by atoms with Crippen LogP contribution in [0.2, 0.25) is 0 Å². The molecule has 0 saturated heterocycles. The average molecular weight is 267 g/mol. The molecule has 1 heterocycles. The summed E-state index contributed by atoms with van der Waals surface area (Å²) in [6, 6.07) is 8.31. The molecule has 0 amide bonds. The first-order chi connectivity index (χ1) is 8.91. The van der Waals surface area contributed by atoms with E-state index in [-0.39, 0.29) is 5.56 Å². The van der Waals surface area contributed by atoms with Crippen molar-refractivity contribution in [3.05, 3.63) is 53.9 Å². The molecular formula is C13H8F3NO2. The number of hydrogen-bond donors (Lipinski definition) is 1. The standard InChI is InChI=1S/C13H8F3NO2/c14-13(15,16)9-6-7-17-11(12(18)19)10(9)8-4-2-1-3-5-8/h1-7H,(H,18,19). The molecule has 0 radical (unpaired) electrons. The Morgan fingerprint density at radius 3 is 2.26 bits per heavy atom. The second-order valence-electron chi connectivity index (χ2n) is 3.75. The lowest BCUT2D eigenvalue weighted by Crippen LogP contribution is -2.12. The van der Waals surface area contributed by atoms with E-state index < -0.39 is 29.0 Å². The van der Waals surface area contributed by atoms with Crippen LogP contribution in [0.25, 0.3) is 11.1 Å². The molecule has 0 fully saturated rings. The van der Waals surface area contributed by atoms with E-state index in [0.29, 0.717) is 0 Å². The molecule has 0 saturated carbocycles. The highest BCUT2D eigenvalue weighted by Gasteiger charge is 2.36. The van der Waals surface area contributed by atoms with Crippen LogP contribution in [0.3, 0.4) is 0 Å². The van der Waals surface area contributed by atoms with Gasteiger partial charge in [0.1, 0.15) is 0 Å². The monoisotopic (exact) mass is 267 g/mol. The molecule has 0 aliphatic carbocycles. The van der Waals surface area contributed by atoms with Crippen molar-refractivity contribution in [2.24, 2.45) is 0 Å². The number of rotatable bonds is 2. The molecule has 2 rings (SSSR count). The summed E-state index contributed by atoms with van der Waals surface area (Å²) in [4.78, 5) is 14.6. The second kappa shape index (κ2) is 4.72. The van der Waals surface area contributed by atoms with Crippen LogP contribution in [0.4, 0.5) is 13.2 Å². The van der Waals surface area contributed by atoms with Gasteiger partial charge in [0.25, 0.3) is 0 Å². The number of carbonyl (C=O) groups is 1. The fourth-order valence-corrected chi connectivity index (χ4v) is 1.76. The lowest BCUT2D eigenvalue weighted by atomic mass is 9.98. The molecule has 3 nitrogen and oxygen atoms in total. The average Bonchev–Trinajstić information content (AvgIpc) is 2.37. The van der Waals surface area contributed by atoms with Crippen LogP contribution >= 0.6 is 0 Å². The Bertz CT molecular complexity index is 609. The number of aromatic carboxylic acids is 1. The number of alkyl halides is 3. The van der Waals surface area contributed by atoms with Gasteiger partial charge in [-0.2, -0.15) is 13.2 Å². The number of nitrogens with zero attached hydrogens (tertiary/aromatic N) is 1. The van der Waals surface area contributed by atoms with Gasteiger partial charge in [-0.15, -0.1) is 0 Å². The summed E-state index contributed by atoms with van der Waals surface area (Å²) in [5.74, 6) is -1.50. The number of benzene rings is 1. The summed E-state index contributed by atoms with van der Waals surface area (Å²) in [5, 5.41) is 8.99. The van der Waals surface area contributed by atoms with E-state index in [0.717, 1.165) is 12.3 Å². The molecule has 0 spiro atoms. The topological polar surface area (TPSA) is 50.2 Å². The van der Waals surface area contributed by atoms with E-state index >= 15 is 0 Å². The third kappa shape index (κ3) is 2.57. The SMILES string of the molecule is O=C(O)c1nccc(C(F)(F)F)c1-c1ccccc1. The molecule has 19 heavy (non-hydrogen) atoms. The van der Waals surface area contributed by atoms with Crippen molar-refractivity contribution in [1.29, 1.82) is 0 Å². The minimum absolute atomic E-state index is 0.167. The molecular weight excluding hydrogens is 259 g/mol. The summed E-state index contributed by atoms with van der Waals surface area (Å²) in [6.45, 7) is 0. The van der Waals surface area contributed by atoms with E-state index in [1.54, 1.807) is 6.07 Å². The van der Waals surface area contributed by atoms with Crippen molar-refractivity contribution in [3.8, 4) is 11.1 Å². The van der Waals surface area contributed by atoms with Gasteiger partial charge in [-0.05, 0) is 11.6 Å². The minimum atomic E-state index is -4.64. The first kappa shape index (κ1) is 13.1. The Balaban J connectivity index is 2.78. The molecule has 1 aromatic heterocycles. The van der Waals surface area contributed by atoms with E-state index in [2.05, 4.69) is 4.98 Å². The lowest BCUT2D eigenvalue weighted by molar-refractivity contribution is -0.137. The van der Waals surface area contributed by atoms with Crippen LogP contribution in [-0.4, -0.2) is 16.1 Å². The van der Waals surface area contributed by atoms with Crippen molar-refractivity contribution in [2.45, 2.75) is 6.18 Å². The van der Waals surface area contributed by atoms with E-state index in [1.807, 2.05) is 0 Å². The summed E-state index contributed by atoms with van der Waals surface area (Å²) in [6.07, 6.45) is -3.79. The van der Waals surface area contributed by atoms with Gasteiger partial charge in [0.05, 0.1) is 5.56 Å². The first-order valence-electron chi connectivity index (χ1n) is 5.26. The number of aromatic nitrogens is 1. The number of pyridine rings is 1. The van der Waals surface area contributed by atoms with E-state index in [4.69, 9.17) is 5.11 Å². The molecule has 0 aliphatic heterocycles. The predicted molar refractivity (Wildman–Crippen MR) is 61.6 cm³/mol. The molecule has 0 aliphatic rings. The first-order valence-corrected chi connectivity index (χ1v) is 5.26. The molecule has 2 aromatic rings. The minimum Gasteiger partial charge on any atom is -0.476 e. The summed E-state index contributed by atoms with van der Waals surface area (Å²) in [7, 11) is 0. The zero-order valence-electron chi connectivity index (χ0n) is 9.48. The van der Waals surface area contributed by atoms with Crippen LogP contribution in [-0.2, 0) is 6.18 Å². The van der Waals surface area contributed by atoms with Crippen molar-refractivity contribution in [2.75, 3.05) is 0 Å². The zero-order valence-corrected chi connectivity index (χ0v) is 9.48. The fourth-order valence-electron chi connectivity index (χ4n) is 1.76. The third-order valence-electron chi connectivity index (χ3n) is 2.52. The normalized spacial score (nSPS) is 11.3. The Kier molecular flexibility index (Phi) is 3.25. The maximum atomic E-state index is 13.0. The Morgan fingerprint density at radius 2 is 1.74 bits per heavy atom. The Morgan fingerprint density at radius 1 is 1.11 bits per heavy atom. The molecule has 1 aromatic carbocycles. The number of carboxylic acid groups (broad SMARTS) is 1. The quantitative estimate of drug-likeness (QED) is 0.906. The highest BCUT2D eigenvalue weighted by Crippen LogP contribution is 2.38. The largest absolute Gasteiger partial charge is 0.476 e. The van der Waals surface area contributed by atoms with E-state index in [9.17, 15) is 18.0 Å². The Labute approximate surface area is 106 Å². The van der Waals surface area contributed by atoms with Crippen LogP contribution in [0, 0.1) is 0 Å². The maximum absolute atomic E-state index is 13.0. The van der Waals surface area contributed by atoms with Crippen LogP contribution in [0.1, 0.15) is 16.1 Å². The van der Waals surface area contributed by atoms with Gasteiger partial charge in [0, 0.05) is 11.8 Å². The van der Waals surface area contributed by atoms with Crippen molar-refractivity contribution >= 4 is 5.97 Å². The summed E-state index contributed by atoms with van der Waals surface area (Å²) in [5.41, 5.74) is -1.87. The Hall–Kier alpha value is -2.37. The molecule has 6 heteroatoms. The van der Waals surface area contributed by atoms with Gasteiger partial charge >= 0.3 is 12.1 Å². The third-order valence-corrected chi connectivity index (χ3v) is 2.52. The molecule has 0 atom stereocenters. The molecule has 0 unspecified atom stereocenters. The zero-order chi connectivity index (χ0) is 14.0. The molecule has 98 valence electrons. The van der Waals surface area contributed by atoms with Crippen LogP contribution in [0.15, 0.2) is 42.6 Å². The molecule has 0 bridgehead atoms. The molecule has 1 N–H and O–H groups in total. The van der Waals surface area contributed by atoms with Crippen molar-refractivity contribution in [1.82, 2.24) is 4.98 Å². The van der Waals surface area contributed by atoms with Crippen LogP contribution < -0.4 is 0 Å². The van der Waals surface area contributed by atoms with Gasteiger partial charge in [-0.3, -0.25) is 0 Å². The smallest absolute Gasteiger partial charge is 0.417 e. The van der Waals surface area contributed by atoms with Crippen molar-refractivity contribution in [3.63, 3.8) is 0 Å². The van der Waals surface area contributed by atoms with Gasteiger partial charge in [0.15, 0.2) is 5.69 Å². The summed E-state index contributed by atoms with van der Waals surface area (Å²) < 4.78 is 38.9. The predicted octanol–water partition coefficient (Wildman–Crippen LogP) is 3.47. The van der Waals surface area contributed by atoms with Gasteiger partial charge < -0.3 is 5.11 Å². The highest BCUT2D eigenvalue weighted by atomic mass is 19.4. The van der Waals surface area contributed by atoms with Gasteiger partial charge in [-0.25, -0.2) is 9.78 Å². The van der Waals surface area contributed by atoms with Crippen molar-refractivity contribution < 1.29 is 23.1 Å². The summed E-state index contributed by atoms with van der Waals surface area (Å²) >= 11 is 0. The van der Waals surface area contributed by atoms with Gasteiger partial charge in [-0.1, -0.05) is 30.3 Å². The number of carboxylic acids is 1.